The van der Waals surface area contributed by atoms with Gasteiger partial charge < -0.3 is 10.6 Å². The SMILES string of the molecule is S=C(NCc1ccn[nH]1)NC1CC1. The zero-order valence-electron chi connectivity index (χ0n) is 7.21. The molecule has 0 aromatic carbocycles. The summed E-state index contributed by atoms with van der Waals surface area (Å²) in [7, 11) is 0. The Hall–Kier alpha value is -1.10. The Balaban J connectivity index is 1.69. The summed E-state index contributed by atoms with van der Waals surface area (Å²) in [6, 6.07) is 2.54. The molecule has 0 amide bonds. The molecule has 5 heteroatoms. The second-order valence-corrected chi connectivity index (χ2v) is 3.59. The summed E-state index contributed by atoms with van der Waals surface area (Å²) in [4.78, 5) is 0. The minimum atomic E-state index is 0.613. The molecule has 1 aliphatic carbocycles. The third kappa shape index (κ3) is 2.69. The van der Waals surface area contributed by atoms with Gasteiger partial charge in [0.25, 0.3) is 0 Å². The summed E-state index contributed by atoms with van der Waals surface area (Å²) in [6.45, 7) is 0.707. The average Bonchev–Trinajstić information content (AvgIpc) is 2.78. The Labute approximate surface area is 82.1 Å². The van der Waals surface area contributed by atoms with Gasteiger partial charge in [0.05, 0.1) is 12.2 Å². The predicted octanol–water partition coefficient (Wildman–Crippen LogP) is 0.536. The second-order valence-electron chi connectivity index (χ2n) is 3.18. The number of hydrogen-bond acceptors (Lipinski definition) is 2. The number of nitrogens with one attached hydrogen (secondary N) is 3. The van der Waals surface area contributed by atoms with Gasteiger partial charge in [-0.2, -0.15) is 5.10 Å². The molecule has 4 nitrogen and oxygen atoms in total. The van der Waals surface area contributed by atoms with E-state index in [0.717, 1.165) is 10.8 Å². The molecule has 13 heavy (non-hydrogen) atoms. The van der Waals surface area contributed by atoms with Crippen molar-refractivity contribution in [3.63, 3.8) is 0 Å². The molecule has 1 fully saturated rings. The third-order valence-electron chi connectivity index (χ3n) is 1.91. The molecule has 1 saturated carbocycles. The maximum Gasteiger partial charge on any atom is 0.166 e. The first-order chi connectivity index (χ1) is 6.34. The first-order valence-electron chi connectivity index (χ1n) is 4.37. The van der Waals surface area contributed by atoms with Crippen LogP contribution in [0.5, 0.6) is 0 Å². The molecule has 0 aliphatic heterocycles. The summed E-state index contributed by atoms with van der Waals surface area (Å²) in [5.41, 5.74) is 1.04. The van der Waals surface area contributed by atoms with E-state index in [2.05, 4.69) is 20.8 Å². The number of thiocarbonyl (C=S) groups is 1. The van der Waals surface area contributed by atoms with Gasteiger partial charge in [0, 0.05) is 12.2 Å². The first-order valence-corrected chi connectivity index (χ1v) is 4.78. The number of H-pyrrole nitrogens is 1. The quantitative estimate of drug-likeness (QED) is 0.617. The molecular formula is C8H12N4S. The molecule has 0 radical (unpaired) electrons. The van der Waals surface area contributed by atoms with Crippen molar-refractivity contribution in [1.82, 2.24) is 20.8 Å². The lowest BCUT2D eigenvalue weighted by Gasteiger charge is -2.07. The monoisotopic (exact) mass is 196 g/mol. The minimum absolute atomic E-state index is 0.613. The number of hydrogen-bond donors (Lipinski definition) is 3. The molecule has 70 valence electrons. The topological polar surface area (TPSA) is 52.7 Å². The lowest BCUT2D eigenvalue weighted by atomic mass is 10.4. The number of aromatic amines is 1. The summed E-state index contributed by atoms with van der Waals surface area (Å²) in [5, 5.41) is 13.7. The molecule has 1 aromatic heterocycles. The van der Waals surface area contributed by atoms with Gasteiger partial charge in [0.1, 0.15) is 0 Å². The van der Waals surface area contributed by atoms with Crippen molar-refractivity contribution in [2.24, 2.45) is 0 Å². The smallest absolute Gasteiger partial charge is 0.166 e. The van der Waals surface area contributed by atoms with Crippen molar-refractivity contribution in [3.8, 4) is 0 Å². The van der Waals surface area contributed by atoms with E-state index in [1.807, 2.05) is 6.07 Å². The van der Waals surface area contributed by atoms with Gasteiger partial charge in [0.15, 0.2) is 5.11 Å². The number of aromatic nitrogens is 2. The largest absolute Gasteiger partial charge is 0.360 e. The van der Waals surface area contributed by atoms with Crippen LogP contribution in [0.3, 0.4) is 0 Å². The lowest BCUT2D eigenvalue weighted by molar-refractivity contribution is 0.807. The lowest BCUT2D eigenvalue weighted by Crippen LogP contribution is -2.36. The van der Waals surface area contributed by atoms with Gasteiger partial charge in [0.2, 0.25) is 0 Å². The zero-order valence-corrected chi connectivity index (χ0v) is 8.03. The van der Waals surface area contributed by atoms with Gasteiger partial charge in [-0.05, 0) is 31.1 Å². The highest BCUT2D eigenvalue weighted by atomic mass is 32.1. The van der Waals surface area contributed by atoms with Crippen LogP contribution in [-0.2, 0) is 6.54 Å². The molecule has 2 rings (SSSR count). The fraction of sp³-hybridized carbons (Fsp3) is 0.500. The van der Waals surface area contributed by atoms with Crippen LogP contribution in [0.15, 0.2) is 12.3 Å². The fourth-order valence-corrected chi connectivity index (χ4v) is 1.26. The van der Waals surface area contributed by atoms with Gasteiger partial charge in [-0.25, -0.2) is 0 Å². The summed E-state index contributed by atoms with van der Waals surface area (Å²) < 4.78 is 0. The highest BCUT2D eigenvalue weighted by Gasteiger charge is 2.21. The Morgan fingerprint density at radius 2 is 2.54 bits per heavy atom. The van der Waals surface area contributed by atoms with Gasteiger partial charge >= 0.3 is 0 Å². The van der Waals surface area contributed by atoms with Crippen molar-refractivity contribution in [2.75, 3.05) is 0 Å². The molecule has 0 bridgehead atoms. The van der Waals surface area contributed by atoms with E-state index in [9.17, 15) is 0 Å². The second kappa shape index (κ2) is 3.74. The van der Waals surface area contributed by atoms with Crippen molar-refractivity contribution in [3.05, 3.63) is 18.0 Å². The average molecular weight is 196 g/mol. The Bertz CT molecular complexity index is 278. The normalized spacial score (nSPS) is 15.4. The summed E-state index contributed by atoms with van der Waals surface area (Å²) >= 11 is 5.09. The van der Waals surface area contributed by atoms with E-state index in [0.29, 0.717) is 12.6 Å². The Kier molecular flexibility index (Phi) is 2.44. The van der Waals surface area contributed by atoms with Crippen LogP contribution in [0.4, 0.5) is 0 Å². The predicted molar refractivity (Wildman–Crippen MR) is 54.2 cm³/mol. The van der Waals surface area contributed by atoms with E-state index in [4.69, 9.17) is 12.2 Å². The molecule has 1 aliphatic rings. The van der Waals surface area contributed by atoms with Crippen molar-refractivity contribution in [1.29, 1.82) is 0 Å². The number of nitrogens with zero attached hydrogens (tertiary/aromatic N) is 1. The molecule has 0 spiro atoms. The molecule has 0 unspecified atom stereocenters. The van der Waals surface area contributed by atoms with Crippen LogP contribution in [0.25, 0.3) is 0 Å². The van der Waals surface area contributed by atoms with Crippen molar-refractivity contribution >= 4 is 17.3 Å². The van der Waals surface area contributed by atoms with Crippen LogP contribution >= 0.6 is 12.2 Å². The van der Waals surface area contributed by atoms with Crippen LogP contribution in [0.1, 0.15) is 18.5 Å². The van der Waals surface area contributed by atoms with E-state index in [1.54, 1.807) is 6.20 Å². The van der Waals surface area contributed by atoms with Crippen LogP contribution in [-0.4, -0.2) is 21.4 Å². The Morgan fingerprint density at radius 1 is 1.69 bits per heavy atom. The molecule has 3 N–H and O–H groups in total. The summed E-state index contributed by atoms with van der Waals surface area (Å²) in [5.74, 6) is 0. The van der Waals surface area contributed by atoms with Gasteiger partial charge in [-0.3, -0.25) is 5.10 Å². The molecule has 0 atom stereocenters. The van der Waals surface area contributed by atoms with Gasteiger partial charge in [-0.1, -0.05) is 0 Å². The molecule has 0 saturated heterocycles. The van der Waals surface area contributed by atoms with Gasteiger partial charge in [-0.15, -0.1) is 0 Å². The summed E-state index contributed by atoms with van der Waals surface area (Å²) in [6.07, 6.45) is 4.21. The Morgan fingerprint density at radius 3 is 3.15 bits per heavy atom. The van der Waals surface area contributed by atoms with Crippen molar-refractivity contribution < 1.29 is 0 Å². The highest BCUT2D eigenvalue weighted by Crippen LogP contribution is 2.18. The molecular weight excluding hydrogens is 184 g/mol. The van der Waals surface area contributed by atoms with Crippen LogP contribution in [0, 0.1) is 0 Å². The van der Waals surface area contributed by atoms with Crippen LogP contribution < -0.4 is 10.6 Å². The van der Waals surface area contributed by atoms with E-state index >= 15 is 0 Å². The molecule has 1 heterocycles. The number of rotatable bonds is 3. The van der Waals surface area contributed by atoms with Crippen molar-refractivity contribution in [2.45, 2.75) is 25.4 Å². The standard InChI is InChI=1S/C8H12N4S/c13-8(11-6-1-2-6)9-5-7-3-4-10-12-7/h3-4,6H,1-2,5H2,(H,10,12)(H2,9,11,13). The first kappa shape index (κ1) is 8.50. The maximum absolute atomic E-state index is 5.09. The van der Waals surface area contributed by atoms with Crippen LogP contribution in [0.2, 0.25) is 0 Å². The van der Waals surface area contributed by atoms with E-state index in [-0.39, 0.29) is 0 Å². The van der Waals surface area contributed by atoms with E-state index < -0.39 is 0 Å². The molecule has 1 aromatic rings. The fourth-order valence-electron chi connectivity index (χ4n) is 1.02. The highest BCUT2D eigenvalue weighted by molar-refractivity contribution is 7.80. The zero-order chi connectivity index (χ0) is 9.10. The maximum atomic E-state index is 5.09. The minimum Gasteiger partial charge on any atom is -0.360 e. The third-order valence-corrected chi connectivity index (χ3v) is 2.17. The van der Waals surface area contributed by atoms with E-state index in [1.165, 1.54) is 12.8 Å².